The highest BCUT2D eigenvalue weighted by Crippen LogP contribution is 2.33. The minimum absolute atomic E-state index is 0. The van der Waals surface area contributed by atoms with Crippen LogP contribution < -0.4 is 14.4 Å². The molecule has 1 saturated heterocycles. The summed E-state index contributed by atoms with van der Waals surface area (Å²) in [6.45, 7) is 4.55. The van der Waals surface area contributed by atoms with Crippen molar-refractivity contribution in [3.63, 3.8) is 0 Å². The highest BCUT2D eigenvalue weighted by atomic mass is 35.5. The number of hydrogen-bond donors (Lipinski definition) is 0. The zero-order valence-corrected chi connectivity index (χ0v) is 19.0. The van der Waals surface area contributed by atoms with Crippen LogP contribution in [-0.4, -0.2) is 32.0 Å². The number of halogens is 2. The van der Waals surface area contributed by atoms with Crippen LogP contribution in [0.15, 0.2) is 34.9 Å². The molecular formula is C24H30ClFN2O3. The van der Waals surface area contributed by atoms with Crippen LogP contribution in [0.2, 0.25) is 0 Å². The number of piperidine rings is 1. The van der Waals surface area contributed by atoms with Gasteiger partial charge in [0.15, 0.2) is 5.58 Å². The first-order valence-electron chi connectivity index (χ1n) is 10.8. The van der Waals surface area contributed by atoms with E-state index >= 15 is 0 Å². The van der Waals surface area contributed by atoms with E-state index in [1.54, 1.807) is 13.2 Å². The molecule has 0 spiro atoms. The highest BCUT2D eigenvalue weighted by molar-refractivity contribution is 5.93. The van der Waals surface area contributed by atoms with Gasteiger partial charge in [-0.25, -0.2) is 4.39 Å². The topological polar surface area (TPSA) is 47.7 Å². The van der Waals surface area contributed by atoms with Crippen LogP contribution >= 0.6 is 12.4 Å². The normalized spacial score (nSPS) is 13.8. The molecule has 0 N–H and O–H groups in total. The van der Waals surface area contributed by atoms with Crippen molar-refractivity contribution in [1.82, 2.24) is 5.16 Å². The van der Waals surface area contributed by atoms with Gasteiger partial charge in [0.1, 0.15) is 17.3 Å². The monoisotopic (exact) mass is 448 g/mol. The zero-order valence-electron chi connectivity index (χ0n) is 18.2. The van der Waals surface area contributed by atoms with Gasteiger partial charge in [0, 0.05) is 25.2 Å². The molecule has 7 heteroatoms. The Labute approximate surface area is 188 Å². The number of ether oxygens (including phenoxy) is 2. The molecule has 5 nitrogen and oxygen atoms in total. The van der Waals surface area contributed by atoms with Crippen LogP contribution in [-0.2, 0) is 12.8 Å². The van der Waals surface area contributed by atoms with Crippen LogP contribution in [0.3, 0.4) is 0 Å². The van der Waals surface area contributed by atoms with Crippen molar-refractivity contribution in [1.29, 1.82) is 0 Å². The molecule has 3 aromatic rings. The van der Waals surface area contributed by atoms with Crippen molar-refractivity contribution in [3.8, 4) is 11.5 Å². The number of nitrogens with zero attached hydrogens (tertiary/aromatic N) is 2. The lowest BCUT2D eigenvalue weighted by Gasteiger charge is -2.29. The number of methoxy groups -OCH3 is 1. The number of hydrogen-bond acceptors (Lipinski definition) is 5. The predicted molar refractivity (Wildman–Crippen MR) is 123 cm³/mol. The van der Waals surface area contributed by atoms with Gasteiger partial charge in [-0.15, -0.1) is 12.4 Å². The SMILES string of the molecule is CCc1ccc(OCCCc2noc3cc(F)cc(N4CCCCC4)c23)cc1OC.Cl. The van der Waals surface area contributed by atoms with Gasteiger partial charge >= 0.3 is 0 Å². The highest BCUT2D eigenvalue weighted by Gasteiger charge is 2.20. The number of aromatic nitrogens is 1. The first-order chi connectivity index (χ1) is 14.7. The Morgan fingerprint density at radius 1 is 1.13 bits per heavy atom. The van der Waals surface area contributed by atoms with Crippen molar-refractivity contribution in [2.45, 2.75) is 45.4 Å². The molecule has 0 saturated carbocycles. The fourth-order valence-electron chi connectivity index (χ4n) is 4.17. The summed E-state index contributed by atoms with van der Waals surface area (Å²) in [5, 5.41) is 5.18. The molecule has 4 rings (SSSR count). The van der Waals surface area contributed by atoms with Crippen molar-refractivity contribution in [2.75, 3.05) is 31.7 Å². The van der Waals surface area contributed by atoms with E-state index in [4.69, 9.17) is 14.0 Å². The van der Waals surface area contributed by atoms with Gasteiger partial charge in [-0.1, -0.05) is 18.1 Å². The van der Waals surface area contributed by atoms with Gasteiger partial charge in [0.2, 0.25) is 0 Å². The summed E-state index contributed by atoms with van der Waals surface area (Å²) in [6.07, 6.45) is 5.91. The van der Waals surface area contributed by atoms with Gasteiger partial charge in [0.25, 0.3) is 0 Å². The second-order valence-corrected chi connectivity index (χ2v) is 7.75. The van der Waals surface area contributed by atoms with Crippen molar-refractivity contribution >= 4 is 29.1 Å². The maximum Gasteiger partial charge on any atom is 0.172 e. The molecule has 1 aliphatic heterocycles. The third-order valence-corrected chi connectivity index (χ3v) is 5.75. The Hall–Kier alpha value is -2.47. The Morgan fingerprint density at radius 3 is 2.68 bits per heavy atom. The summed E-state index contributed by atoms with van der Waals surface area (Å²) < 4.78 is 30.9. The molecule has 0 radical (unpaired) electrons. The van der Waals surface area contributed by atoms with E-state index in [1.165, 1.54) is 12.5 Å². The largest absolute Gasteiger partial charge is 0.496 e. The molecule has 168 valence electrons. The molecule has 0 unspecified atom stereocenters. The molecule has 2 aromatic carbocycles. The number of anilines is 1. The Bertz CT molecular complexity index is 1000. The van der Waals surface area contributed by atoms with E-state index in [2.05, 4.69) is 17.0 Å². The summed E-state index contributed by atoms with van der Waals surface area (Å²) in [4.78, 5) is 2.26. The summed E-state index contributed by atoms with van der Waals surface area (Å²) in [5.41, 5.74) is 3.46. The van der Waals surface area contributed by atoms with Crippen molar-refractivity contribution < 1.29 is 18.4 Å². The lowest BCUT2D eigenvalue weighted by molar-refractivity contribution is 0.306. The minimum atomic E-state index is -0.279. The number of benzene rings is 2. The minimum Gasteiger partial charge on any atom is -0.496 e. The van der Waals surface area contributed by atoms with Gasteiger partial charge in [0.05, 0.1) is 30.5 Å². The summed E-state index contributed by atoms with van der Waals surface area (Å²) >= 11 is 0. The maximum absolute atomic E-state index is 14.1. The quantitative estimate of drug-likeness (QED) is 0.398. The molecule has 1 aromatic heterocycles. The number of aryl methyl sites for hydroxylation is 2. The first-order valence-corrected chi connectivity index (χ1v) is 10.8. The molecule has 31 heavy (non-hydrogen) atoms. The number of rotatable bonds is 8. The Balaban J connectivity index is 0.00000272. The Morgan fingerprint density at radius 2 is 1.94 bits per heavy atom. The number of fused-ring (bicyclic) bond motifs is 1. The van der Waals surface area contributed by atoms with Crippen LogP contribution in [0, 0.1) is 5.82 Å². The van der Waals surface area contributed by atoms with Crippen molar-refractivity contribution in [2.24, 2.45) is 0 Å². The lowest BCUT2D eigenvalue weighted by atomic mass is 10.1. The van der Waals surface area contributed by atoms with E-state index in [9.17, 15) is 4.39 Å². The van der Waals surface area contributed by atoms with Gasteiger partial charge < -0.3 is 18.9 Å². The predicted octanol–water partition coefficient (Wildman–Crippen LogP) is 5.96. The van der Waals surface area contributed by atoms with E-state index in [0.29, 0.717) is 18.6 Å². The van der Waals surface area contributed by atoms with Crippen LogP contribution in [0.4, 0.5) is 10.1 Å². The van der Waals surface area contributed by atoms with E-state index in [-0.39, 0.29) is 18.2 Å². The maximum atomic E-state index is 14.1. The fraction of sp³-hybridized carbons (Fsp3) is 0.458. The fourth-order valence-corrected chi connectivity index (χ4v) is 4.17. The molecule has 1 fully saturated rings. The summed E-state index contributed by atoms with van der Waals surface area (Å²) in [7, 11) is 1.68. The Kier molecular flexibility index (Phi) is 8.02. The van der Waals surface area contributed by atoms with E-state index in [1.807, 2.05) is 18.2 Å². The molecular weight excluding hydrogens is 419 g/mol. The second-order valence-electron chi connectivity index (χ2n) is 7.75. The average Bonchev–Trinajstić information content (AvgIpc) is 3.19. The summed E-state index contributed by atoms with van der Waals surface area (Å²) in [5.74, 6) is 1.37. The lowest BCUT2D eigenvalue weighted by Crippen LogP contribution is -2.29. The molecule has 1 aliphatic rings. The molecule has 0 aliphatic carbocycles. The van der Waals surface area contributed by atoms with E-state index in [0.717, 1.165) is 72.6 Å². The molecule has 0 bridgehead atoms. The summed E-state index contributed by atoms with van der Waals surface area (Å²) in [6, 6.07) is 8.99. The zero-order chi connectivity index (χ0) is 20.9. The molecule has 2 heterocycles. The van der Waals surface area contributed by atoms with Crippen LogP contribution in [0.5, 0.6) is 11.5 Å². The standard InChI is InChI=1S/C24H29FN2O3.ClH/c1-3-17-9-10-19(16-22(17)28-2)29-13-7-8-20-24-21(27-11-5-4-6-12-27)14-18(25)15-23(24)30-26-20;/h9-10,14-16H,3-8,11-13H2,1-2H3;1H. The average molecular weight is 449 g/mol. The van der Waals surface area contributed by atoms with Gasteiger partial charge in [-0.2, -0.15) is 0 Å². The van der Waals surface area contributed by atoms with Gasteiger partial charge in [-0.3, -0.25) is 0 Å². The van der Waals surface area contributed by atoms with Crippen LogP contribution in [0.1, 0.15) is 43.9 Å². The van der Waals surface area contributed by atoms with Crippen LogP contribution in [0.25, 0.3) is 11.0 Å². The third kappa shape index (κ3) is 5.24. The smallest absolute Gasteiger partial charge is 0.172 e. The van der Waals surface area contributed by atoms with Gasteiger partial charge in [-0.05, 0) is 56.2 Å². The molecule has 0 atom stereocenters. The van der Waals surface area contributed by atoms with E-state index < -0.39 is 0 Å². The molecule has 0 amide bonds. The first kappa shape index (κ1) is 23.2. The van der Waals surface area contributed by atoms with Crippen molar-refractivity contribution in [3.05, 3.63) is 47.4 Å². The second kappa shape index (κ2) is 10.7. The third-order valence-electron chi connectivity index (χ3n) is 5.75.